The van der Waals surface area contributed by atoms with Crippen LogP contribution in [-0.4, -0.2) is 42.5 Å². The molecule has 3 amide bonds. The molecule has 20 heavy (non-hydrogen) atoms. The van der Waals surface area contributed by atoms with E-state index in [0.29, 0.717) is 31.6 Å². The predicted molar refractivity (Wildman–Crippen MR) is 72.9 cm³/mol. The van der Waals surface area contributed by atoms with Crippen LogP contribution in [0, 0.1) is 5.82 Å². The fourth-order valence-corrected chi connectivity index (χ4v) is 2.26. The molecule has 1 atom stereocenters. The predicted octanol–water partition coefficient (Wildman–Crippen LogP) is 1.36. The fraction of sp³-hybridized carbons (Fsp3) is 0.429. The number of amides is 3. The second kappa shape index (κ2) is 6.36. The standard InChI is InChI=1S/C14H18FN3O2/c1-2-16-14(20)17-12-6-7-18(9-12)13(19)10-4-3-5-11(15)8-10/h3-5,8,12H,2,6-7,9H2,1H3,(H2,16,17,20)/t12-/m0/s1. The lowest BCUT2D eigenvalue weighted by Gasteiger charge is -2.17. The molecule has 1 aliphatic heterocycles. The molecule has 0 aromatic heterocycles. The Bertz CT molecular complexity index is 507. The zero-order valence-corrected chi connectivity index (χ0v) is 11.4. The maximum absolute atomic E-state index is 13.1. The minimum atomic E-state index is -0.424. The van der Waals surface area contributed by atoms with Crippen LogP contribution in [0.2, 0.25) is 0 Å². The Kier molecular flexibility index (Phi) is 4.55. The molecular weight excluding hydrogens is 261 g/mol. The first-order valence-corrected chi connectivity index (χ1v) is 6.69. The number of benzene rings is 1. The molecule has 0 spiro atoms. The van der Waals surface area contributed by atoms with Gasteiger partial charge in [-0.15, -0.1) is 0 Å². The van der Waals surface area contributed by atoms with Gasteiger partial charge >= 0.3 is 6.03 Å². The van der Waals surface area contributed by atoms with Crippen molar-refractivity contribution in [2.45, 2.75) is 19.4 Å². The van der Waals surface area contributed by atoms with Gasteiger partial charge in [0.2, 0.25) is 0 Å². The van der Waals surface area contributed by atoms with E-state index in [1.54, 1.807) is 11.0 Å². The first-order valence-electron chi connectivity index (χ1n) is 6.69. The van der Waals surface area contributed by atoms with Crippen molar-refractivity contribution in [3.63, 3.8) is 0 Å². The number of hydrogen-bond acceptors (Lipinski definition) is 2. The van der Waals surface area contributed by atoms with Crippen molar-refractivity contribution in [2.24, 2.45) is 0 Å². The van der Waals surface area contributed by atoms with E-state index < -0.39 is 5.82 Å². The molecule has 1 saturated heterocycles. The summed E-state index contributed by atoms with van der Waals surface area (Å²) in [5.41, 5.74) is 0.337. The lowest BCUT2D eigenvalue weighted by molar-refractivity contribution is 0.0789. The number of likely N-dealkylation sites (tertiary alicyclic amines) is 1. The largest absolute Gasteiger partial charge is 0.338 e. The van der Waals surface area contributed by atoms with Crippen molar-refractivity contribution in [3.8, 4) is 0 Å². The number of nitrogens with one attached hydrogen (secondary N) is 2. The van der Waals surface area contributed by atoms with E-state index in [1.807, 2.05) is 6.92 Å². The maximum Gasteiger partial charge on any atom is 0.315 e. The van der Waals surface area contributed by atoms with Gasteiger partial charge in [0.05, 0.1) is 0 Å². The Labute approximate surface area is 117 Å². The number of carbonyl (C=O) groups is 2. The Morgan fingerprint density at radius 3 is 2.95 bits per heavy atom. The average Bonchev–Trinajstić information content (AvgIpc) is 2.86. The van der Waals surface area contributed by atoms with Crippen molar-refractivity contribution < 1.29 is 14.0 Å². The van der Waals surface area contributed by atoms with Gasteiger partial charge in [0.1, 0.15) is 5.82 Å². The number of nitrogens with zero attached hydrogens (tertiary/aromatic N) is 1. The van der Waals surface area contributed by atoms with E-state index in [0.717, 1.165) is 0 Å². The molecule has 2 N–H and O–H groups in total. The Morgan fingerprint density at radius 1 is 1.45 bits per heavy atom. The highest BCUT2D eigenvalue weighted by molar-refractivity contribution is 5.94. The molecule has 1 aromatic rings. The number of halogens is 1. The zero-order chi connectivity index (χ0) is 14.5. The summed E-state index contributed by atoms with van der Waals surface area (Å²) in [7, 11) is 0. The molecule has 1 heterocycles. The van der Waals surface area contributed by atoms with Crippen molar-refractivity contribution >= 4 is 11.9 Å². The molecule has 2 rings (SSSR count). The molecule has 0 unspecified atom stereocenters. The summed E-state index contributed by atoms with van der Waals surface area (Å²) >= 11 is 0. The van der Waals surface area contributed by atoms with Gasteiger partial charge in [0.25, 0.3) is 5.91 Å². The van der Waals surface area contributed by atoms with E-state index in [1.165, 1.54) is 18.2 Å². The van der Waals surface area contributed by atoms with E-state index in [-0.39, 0.29) is 18.0 Å². The van der Waals surface area contributed by atoms with Crippen molar-refractivity contribution in [2.75, 3.05) is 19.6 Å². The van der Waals surface area contributed by atoms with Crippen LogP contribution in [0.3, 0.4) is 0 Å². The van der Waals surface area contributed by atoms with Crippen LogP contribution >= 0.6 is 0 Å². The summed E-state index contributed by atoms with van der Waals surface area (Å²) in [5.74, 6) is -0.628. The van der Waals surface area contributed by atoms with Crippen LogP contribution in [0.5, 0.6) is 0 Å². The van der Waals surface area contributed by atoms with Gasteiger partial charge in [-0.3, -0.25) is 4.79 Å². The highest BCUT2D eigenvalue weighted by Gasteiger charge is 2.27. The topological polar surface area (TPSA) is 61.4 Å². The maximum atomic E-state index is 13.1. The van der Waals surface area contributed by atoms with Crippen LogP contribution in [0.25, 0.3) is 0 Å². The molecule has 1 aromatic carbocycles. The normalized spacial score (nSPS) is 17.9. The summed E-state index contributed by atoms with van der Waals surface area (Å²) in [6.45, 7) is 3.41. The second-order valence-electron chi connectivity index (χ2n) is 4.75. The highest BCUT2D eigenvalue weighted by Crippen LogP contribution is 2.14. The minimum Gasteiger partial charge on any atom is -0.338 e. The molecule has 1 aliphatic rings. The Hall–Kier alpha value is -2.11. The van der Waals surface area contributed by atoms with E-state index in [2.05, 4.69) is 10.6 Å². The molecule has 0 aliphatic carbocycles. The van der Waals surface area contributed by atoms with Crippen LogP contribution in [-0.2, 0) is 0 Å². The molecule has 0 saturated carbocycles. The summed E-state index contributed by atoms with van der Waals surface area (Å²) in [6.07, 6.45) is 0.707. The van der Waals surface area contributed by atoms with Crippen molar-refractivity contribution in [3.05, 3.63) is 35.6 Å². The Balaban J connectivity index is 1.92. The smallest absolute Gasteiger partial charge is 0.315 e. The summed E-state index contributed by atoms with van der Waals surface area (Å²) < 4.78 is 13.1. The van der Waals surface area contributed by atoms with Gasteiger partial charge in [0, 0.05) is 31.2 Å². The molecular formula is C14H18FN3O2. The van der Waals surface area contributed by atoms with Crippen LogP contribution in [0.15, 0.2) is 24.3 Å². The summed E-state index contributed by atoms with van der Waals surface area (Å²) in [5, 5.41) is 5.46. The highest BCUT2D eigenvalue weighted by atomic mass is 19.1. The summed E-state index contributed by atoms with van der Waals surface area (Å²) in [6, 6.07) is 5.36. The molecule has 1 fully saturated rings. The molecule has 0 bridgehead atoms. The zero-order valence-electron chi connectivity index (χ0n) is 11.4. The van der Waals surface area contributed by atoms with Gasteiger partial charge in [0.15, 0.2) is 0 Å². The number of hydrogen-bond donors (Lipinski definition) is 2. The average molecular weight is 279 g/mol. The number of carbonyl (C=O) groups excluding carboxylic acids is 2. The van der Waals surface area contributed by atoms with Gasteiger partial charge in [-0.1, -0.05) is 6.07 Å². The third kappa shape index (κ3) is 3.46. The fourth-order valence-electron chi connectivity index (χ4n) is 2.26. The van der Waals surface area contributed by atoms with E-state index in [9.17, 15) is 14.0 Å². The molecule has 0 radical (unpaired) electrons. The third-order valence-corrected chi connectivity index (χ3v) is 3.22. The van der Waals surface area contributed by atoms with Crippen LogP contribution < -0.4 is 10.6 Å². The van der Waals surface area contributed by atoms with Crippen LogP contribution in [0.1, 0.15) is 23.7 Å². The van der Waals surface area contributed by atoms with E-state index in [4.69, 9.17) is 0 Å². The van der Waals surface area contributed by atoms with Crippen molar-refractivity contribution in [1.29, 1.82) is 0 Å². The minimum absolute atomic E-state index is 0.0564. The first kappa shape index (κ1) is 14.3. The second-order valence-corrected chi connectivity index (χ2v) is 4.75. The molecule has 108 valence electrons. The van der Waals surface area contributed by atoms with E-state index >= 15 is 0 Å². The number of rotatable bonds is 3. The third-order valence-electron chi connectivity index (χ3n) is 3.22. The molecule has 6 heteroatoms. The first-order chi connectivity index (χ1) is 9.60. The van der Waals surface area contributed by atoms with Gasteiger partial charge in [-0.2, -0.15) is 0 Å². The lowest BCUT2D eigenvalue weighted by atomic mass is 10.2. The van der Waals surface area contributed by atoms with Gasteiger partial charge in [-0.05, 0) is 31.5 Å². The van der Waals surface area contributed by atoms with Crippen LogP contribution in [0.4, 0.5) is 9.18 Å². The number of urea groups is 1. The Morgan fingerprint density at radius 2 is 2.25 bits per heavy atom. The summed E-state index contributed by atoms with van der Waals surface area (Å²) in [4.78, 5) is 25.2. The quantitative estimate of drug-likeness (QED) is 0.877. The molecule has 5 nitrogen and oxygen atoms in total. The SMILES string of the molecule is CCNC(=O)N[C@H]1CCN(C(=O)c2cccc(F)c2)C1. The monoisotopic (exact) mass is 279 g/mol. The van der Waals surface area contributed by atoms with Gasteiger partial charge < -0.3 is 15.5 Å². The van der Waals surface area contributed by atoms with Gasteiger partial charge in [-0.25, -0.2) is 9.18 Å². The van der Waals surface area contributed by atoms with Crippen molar-refractivity contribution in [1.82, 2.24) is 15.5 Å². The lowest BCUT2D eigenvalue weighted by Crippen LogP contribution is -2.43.